The summed E-state index contributed by atoms with van der Waals surface area (Å²) >= 11 is 3.76. The van der Waals surface area contributed by atoms with Gasteiger partial charge in [0.25, 0.3) is 0 Å². The molecule has 0 aromatic heterocycles. The fourth-order valence-corrected chi connectivity index (χ4v) is 7.39. The highest BCUT2D eigenvalue weighted by molar-refractivity contribution is 9.10. The third-order valence-electron chi connectivity index (χ3n) is 8.66. The second-order valence-corrected chi connectivity index (χ2v) is 11.9. The molecule has 0 atom stereocenters. The van der Waals surface area contributed by atoms with E-state index in [-0.39, 0.29) is 5.41 Å². The van der Waals surface area contributed by atoms with Crippen LogP contribution in [-0.4, -0.2) is 0 Å². The van der Waals surface area contributed by atoms with E-state index in [1.165, 1.54) is 76.5 Å². The SMILES string of the molecule is CC1(C)c2cc(Br)ccc2-c2c1c1c3ccccc3c(-c3cccc4ccccc34)cc1c1ccccc21. The van der Waals surface area contributed by atoms with Crippen LogP contribution in [-0.2, 0) is 5.41 Å². The predicted molar refractivity (Wildman–Crippen MR) is 167 cm³/mol. The number of fused-ring (bicyclic) bond motifs is 11. The molecule has 0 bridgehead atoms. The molecule has 0 heterocycles. The number of halogens is 1. The molecule has 1 aliphatic rings. The summed E-state index contributed by atoms with van der Waals surface area (Å²) in [7, 11) is 0. The molecular formula is C37H25Br. The average Bonchev–Trinajstić information content (AvgIpc) is 3.18. The van der Waals surface area contributed by atoms with Gasteiger partial charge in [0, 0.05) is 9.89 Å². The monoisotopic (exact) mass is 548 g/mol. The first-order valence-electron chi connectivity index (χ1n) is 13.2. The highest BCUT2D eigenvalue weighted by Crippen LogP contribution is 2.56. The number of hydrogen-bond acceptors (Lipinski definition) is 0. The summed E-state index contributed by atoms with van der Waals surface area (Å²) in [5.74, 6) is 0. The summed E-state index contributed by atoms with van der Waals surface area (Å²) < 4.78 is 1.13. The summed E-state index contributed by atoms with van der Waals surface area (Å²) in [6.45, 7) is 4.79. The first-order valence-corrected chi connectivity index (χ1v) is 14.0. The molecular weight excluding hydrogens is 524 g/mol. The highest BCUT2D eigenvalue weighted by atomic mass is 79.9. The van der Waals surface area contributed by atoms with Gasteiger partial charge in [0.15, 0.2) is 0 Å². The Balaban J connectivity index is 1.63. The molecule has 1 aliphatic carbocycles. The molecule has 0 nitrogen and oxygen atoms in total. The van der Waals surface area contributed by atoms with Crippen molar-refractivity contribution in [2.45, 2.75) is 19.3 Å². The van der Waals surface area contributed by atoms with Gasteiger partial charge in [0.05, 0.1) is 0 Å². The van der Waals surface area contributed by atoms with E-state index >= 15 is 0 Å². The Labute approximate surface area is 230 Å². The average molecular weight is 550 g/mol. The number of benzene rings is 7. The van der Waals surface area contributed by atoms with E-state index in [1.807, 2.05) is 0 Å². The van der Waals surface area contributed by atoms with Crippen molar-refractivity contribution < 1.29 is 0 Å². The first kappa shape index (κ1) is 22.1. The minimum absolute atomic E-state index is 0.125. The Morgan fingerprint density at radius 1 is 0.500 bits per heavy atom. The van der Waals surface area contributed by atoms with Gasteiger partial charge in [-0.3, -0.25) is 0 Å². The van der Waals surface area contributed by atoms with Crippen molar-refractivity contribution in [2.24, 2.45) is 0 Å². The lowest BCUT2D eigenvalue weighted by molar-refractivity contribution is 0.666. The van der Waals surface area contributed by atoms with Crippen LogP contribution in [0.1, 0.15) is 25.0 Å². The minimum Gasteiger partial charge on any atom is -0.0616 e. The topological polar surface area (TPSA) is 0 Å². The Morgan fingerprint density at radius 3 is 1.97 bits per heavy atom. The minimum atomic E-state index is -0.125. The van der Waals surface area contributed by atoms with Crippen LogP contribution < -0.4 is 0 Å². The molecule has 38 heavy (non-hydrogen) atoms. The van der Waals surface area contributed by atoms with Gasteiger partial charge in [-0.15, -0.1) is 0 Å². The van der Waals surface area contributed by atoms with Crippen molar-refractivity contribution in [2.75, 3.05) is 0 Å². The Bertz CT molecular complexity index is 2110. The largest absolute Gasteiger partial charge is 0.0616 e. The smallest absolute Gasteiger partial charge is 0.0178 e. The molecule has 0 N–H and O–H groups in total. The van der Waals surface area contributed by atoms with E-state index in [4.69, 9.17) is 0 Å². The molecule has 7 aromatic rings. The lowest BCUT2D eigenvalue weighted by Crippen LogP contribution is -2.16. The van der Waals surface area contributed by atoms with Crippen LogP contribution in [0, 0.1) is 0 Å². The van der Waals surface area contributed by atoms with Crippen LogP contribution in [0.2, 0.25) is 0 Å². The molecule has 0 amide bonds. The van der Waals surface area contributed by atoms with Gasteiger partial charge in [-0.2, -0.15) is 0 Å². The van der Waals surface area contributed by atoms with Gasteiger partial charge in [-0.25, -0.2) is 0 Å². The number of hydrogen-bond donors (Lipinski definition) is 0. The van der Waals surface area contributed by atoms with Gasteiger partial charge in [-0.1, -0.05) is 127 Å². The van der Waals surface area contributed by atoms with Crippen molar-refractivity contribution in [3.8, 4) is 22.3 Å². The fourth-order valence-electron chi connectivity index (χ4n) is 7.03. The highest BCUT2D eigenvalue weighted by Gasteiger charge is 2.39. The van der Waals surface area contributed by atoms with Gasteiger partial charge < -0.3 is 0 Å². The maximum absolute atomic E-state index is 3.76. The third-order valence-corrected chi connectivity index (χ3v) is 9.15. The molecule has 1 heteroatoms. The molecule has 0 radical (unpaired) electrons. The molecule has 0 spiro atoms. The van der Waals surface area contributed by atoms with E-state index < -0.39 is 0 Å². The van der Waals surface area contributed by atoms with Crippen molar-refractivity contribution in [3.05, 3.63) is 131 Å². The quantitative estimate of drug-likeness (QED) is 0.179. The van der Waals surface area contributed by atoms with E-state index in [9.17, 15) is 0 Å². The predicted octanol–water partition coefficient (Wildman–Crippen LogP) is 11.0. The maximum atomic E-state index is 3.76. The van der Waals surface area contributed by atoms with Gasteiger partial charge in [0.1, 0.15) is 0 Å². The standard InChI is InChI=1S/C37H25Br/c1-37(2)33-20-23(38)18-19-30(33)34-29-16-8-6-14-27(29)32-21-31(25-17-9-11-22-10-3-4-12-24(22)25)26-13-5-7-15-28(26)35(32)36(34)37/h3-21H,1-2H3. The first-order chi connectivity index (χ1) is 18.5. The summed E-state index contributed by atoms with van der Waals surface area (Å²) in [5, 5.41) is 10.6. The van der Waals surface area contributed by atoms with Crippen molar-refractivity contribution in [1.29, 1.82) is 0 Å². The third kappa shape index (κ3) is 2.86. The van der Waals surface area contributed by atoms with Crippen molar-refractivity contribution >= 4 is 59.0 Å². The van der Waals surface area contributed by atoms with Crippen LogP contribution >= 0.6 is 15.9 Å². The lowest BCUT2D eigenvalue weighted by Gasteiger charge is -2.26. The van der Waals surface area contributed by atoms with Crippen LogP contribution in [0.3, 0.4) is 0 Å². The summed E-state index contributed by atoms with van der Waals surface area (Å²) in [5.41, 5.74) is 8.04. The van der Waals surface area contributed by atoms with Crippen molar-refractivity contribution in [1.82, 2.24) is 0 Å². The molecule has 8 rings (SSSR count). The molecule has 0 saturated heterocycles. The van der Waals surface area contributed by atoms with E-state index in [0.29, 0.717) is 0 Å². The number of rotatable bonds is 1. The van der Waals surface area contributed by atoms with E-state index in [0.717, 1.165) is 4.47 Å². The zero-order valence-corrected chi connectivity index (χ0v) is 22.9. The molecule has 0 fully saturated rings. The van der Waals surface area contributed by atoms with E-state index in [1.54, 1.807) is 0 Å². The van der Waals surface area contributed by atoms with E-state index in [2.05, 4.69) is 145 Å². The molecule has 180 valence electrons. The maximum Gasteiger partial charge on any atom is 0.0178 e. The second-order valence-electron chi connectivity index (χ2n) is 11.0. The fraction of sp³-hybridized carbons (Fsp3) is 0.0811. The van der Waals surface area contributed by atoms with Crippen molar-refractivity contribution in [3.63, 3.8) is 0 Å². The molecule has 0 unspecified atom stereocenters. The Hall–Kier alpha value is -3.94. The van der Waals surface area contributed by atoms with Crippen LogP contribution in [0.4, 0.5) is 0 Å². The summed E-state index contributed by atoms with van der Waals surface area (Å²) in [4.78, 5) is 0. The molecule has 0 saturated carbocycles. The zero-order valence-electron chi connectivity index (χ0n) is 21.3. The zero-order chi connectivity index (χ0) is 25.6. The van der Waals surface area contributed by atoms with Gasteiger partial charge in [0.2, 0.25) is 0 Å². The summed E-state index contributed by atoms with van der Waals surface area (Å²) in [6, 6.07) is 42.7. The second kappa shape index (κ2) is 7.79. The molecule has 7 aromatic carbocycles. The summed E-state index contributed by atoms with van der Waals surface area (Å²) in [6.07, 6.45) is 0. The lowest BCUT2D eigenvalue weighted by atomic mass is 9.77. The Kier molecular flexibility index (Phi) is 4.52. The Morgan fingerprint density at radius 2 is 1.16 bits per heavy atom. The normalized spacial score (nSPS) is 13.9. The van der Waals surface area contributed by atoms with Gasteiger partial charge in [-0.05, 0) is 94.7 Å². The van der Waals surface area contributed by atoms with Gasteiger partial charge >= 0.3 is 0 Å². The van der Waals surface area contributed by atoms with Crippen LogP contribution in [0.15, 0.2) is 120 Å². The van der Waals surface area contributed by atoms with Crippen LogP contribution in [0.25, 0.3) is 65.3 Å². The molecule has 0 aliphatic heterocycles. The van der Waals surface area contributed by atoms with Crippen LogP contribution in [0.5, 0.6) is 0 Å².